The van der Waals surface area contributed by atoms with Gasteiger partial charge >= 0.3 is 27.5 Å². The lowest BCUT2D eigenvalue weighted by molar-refractivity contribution is -0.226. The minimum atomic E-state index is -5.95. The molecule has 36 heavy (non-hydrogen) atoms. The summed E-state index contributed by atoms with van der Waals surface area (Å²) in [4.78, 5) is 24.9. The van der Waals surface area contributed by atoms with E-state index in [4.69, 9.17) is 18.8 Å². The molecule has 8 bridgehead atoms. The Morgan fingerprint density at radius 1 is 0.833 bits per heavy atom. The largest absolute Gasteiger partial charge is 0.509 e. The monoisotopic (exact) mass is 534 g/mol. The van der Waals surface area contributed by atoms with Crippen molar-refractivity contribution in [1.29, 1.82) is 0 Å². The topological polar surface area (TPSA) is 136 Å². The highest BCUT2D eigenvalue weighted by molar-refractivity contribution is 7.87. The number of hydrogen-bond acceptors (Lipinski definition) is 8. The second-order valence-corrected chi connectivity index (χ2v) is 14.5. The van der Waals surface area contributed by atoms with E-state index < -0.39 is 56.3 Å². The molecular weight excluding hydrogens is 502 g/mol. The van der Waals surface area contributed by atoms with Crippen molar-refractivity contribution in [3.8, 4) is 0 Å². The van der Waals surface area contributed by atoms with Crippen molar-refractivity contribution in [1.82, 2.24) is 0 Å². The van der Waals surface area contributed by atoms with E-state index >= 15 is 0 Å². The van der Waals surface area contributed by atoms with Crippen LogP contribution in [-0.2, 0) is 29.1 Å². The molecule has 4 atom stereocenters. The van der Waals surface area contributed by atoms with Crippen LogP contribution in [0, 0.1) is 29.1 Å². The number of carbonyl (C=O) groups excluding carboxylic acids is 2. The summed E-state index contributed by atoms with van der Waals surface area (Å²) in [6.07, 6.45) is 7.24. The predicted octanol–water partition coefficient (Wildman–Crippen LogP) is 3.59. The first-order valence-electron chi connectivity index (χ1n) is 12.8. The number of aliphatic hydroxyl groups is 1. The quantitative estimate of drug-likeness (QED) is 0.387. The molecule has 0 saturated heterocycles. The molecule has 4 unspecified atom stereocenters. The summed E-state index contributed by atoms with van der Waals surface area (Å²) >= 11 is 0. The summed E-state index contributed by atoms with van der Waals surface area (Å²) in [6.45, 7) is -0.440. The van der Waals surface area contributed by atoms with Gasteiger partial charge in [-0.25, -0.2) is 9.59 Å². The normalized spacial score (nSPS) is 46.6. The van der Waals surface area contributed by atoms with Gasteiger partial charge in [-0.3, -0.25) is 4.55 Å². The van der Waals surface area contributed by atoms with Crippen molar-refractivity contribution < 1.29 is 50.7 Å². The number of esters is 1. The third-order valence-corrected chi connectivity index (χ3v) is 10.6. The summed E-state index contributed by atoms with van der Waals surface area (Å²) in [5.41, 5.74) is -3.08. The van der Waals surface area contributed by atoms with Crippen molar-refractivity contribution in [2.45, 2.75) is 99.1 Å². The van der Waals surface area contributed by atoms with Gasteiger partial charge in [0.15, 0.2) is 0 Å². The van der Waals surface area contributed by atoms with E-state index in [0.29, 0.717) is 50.4 Å². The van der Waals surface area contributed by atoms with Gasteiger partial charge < -0.3 is 19.3 Å². The zero-order chi connectivity index (χ0) is 25.8. The smallest absolute Gasteiger partial charge is 0.460 e. The average Bonchev–Trinajstić information content (AvgIpc) is 2.67. The molecule has 0 heterocycles. The number of hydrogen-bond donors (Lipinski definition) is 2. The van der Waals surface area contributed by atoms with E-state index in [-0.39, 0.29) is 11.8 Å². The summed E-state index contributed by atoms with van der Waals surface area (Å²) in [5, 5.41) is 5.90. The maximum absolute atomic E-state index is 13.7. The molecule has 0 radical (unpaired) electrons. The molecule has 8 rings (SSSR count). The lowest BCUT2D eigenvalue weighted by Crippen LogP contribution is -2.61. The van der Waals surface area contributed by atoms with Crippen LogP contribution < -0.4 is 0 Å². The average molecular weight is 535 g/mol. The Morgan fingerprint density at radius 3 is 1.78 bits per heavy atom. The van der Waals surface area contributed by atoms with Crippen LogP contribution in [0.15, 0.2) is 0 Å². The fraction of sp³-hybridized carbons (Fsp3) is 0.917. The number of alkyl halides is 2. The molecule has 0 spiro atoms. The SMILES string of the molecule is O=C(OC12CC3CC(CC(O)(C3)C1)C2)OC12CC3CC(CC(COC(=O)C(F)(F)S(=O)(=O)O)(C3)C1)C2. The van der Waals surface area contributed by atoms with E-state index in [1.165, 1.54) is 0 Å². The van der Waals surface area contributed by atoms with Gasteiger partial charge in [0.2, 0.25) is 0 Å². The highest BCUT2D eigenvalue weighted by atomic mass is 32.2. The van der Waals surface area contributed by atoms with Crippen molar-refractivity contribution in [2.24, 2.45) is 29.1 Å². The molecule has 8 saturated carbocycles. The van der Waals surface area contributed by atoms with Crippen LogP contribution in [-0.4, -0.2) is 58.9 Å². The number of ether oxygens (including phenoxy) is 3. The first-order valence-corrected chi connectivity index (χ1v) is 14.2. The third kappa shape index (κ3) is 4.02. The van der Waals surface area contributed by atoms with Crippen molar-refractivity contribution >= 4 is 22.2 Å². The standard InChI is InChI=1S/C24H32F2O9S/c25-24(26,36(30,31)32)18(27)33-13-20-3-14-1-15(4-20)8-22(7-14,11-20)34-19(28)35-23-9-16-2-17(10-23)6-21(29,5-16)12-23/h14-17,29H,1-13H2,(H,30,31,32). The Balaban J connectivity index is 1.14. The lowest BCUT2D eigenvalue weighted by Gasteiger charge is -2.61. The second kappa shape index (κ2) is 7.53. The Morgan fingerprint density at radius 2 is 1.31 bits per heavy atom. The van der Waals surface area contributed by atoms with Crippen LogP contribution in [0.4, 0.5) is 13.6 Å². The highest BCUT2D eigenvalue weighted by Crippen LogP contribution is 2.63. The molecule has 0 aliphatic heterocycles. The van der Waals surface area contributed by atoms with Crippen molar-refractivity contribution in [3.05, 3.63) is 0 Å². The molecule has 0 aromatic carbocycles. The maximum atomic E-state index is 13.7. The van der Waals surface area contributed by atoms with Crippen LogP contribution in [0.1, 0.15) is 77.0 Å². The van der Waals surface area contributed by atoms with Crippen LogP contribution in [0.3, 0.4) is 0 Å². The third-order valence-electron chi connectivity index (χ3n) is 9.78. The first-order chi connectivity index (χ1) is 16.6. The van der Waals surface area contributed by atoms with E-state index in [2.05, 4.69) is 0 Å². The van der Waals surface area contributed by atoms with Gasteiger partial charge in [-0.05, 0) is 94.3 Å². The number of rotatable bonds is 6. The Kier molecular flexibility index (Phi) is 5.18. The van der Waals surface area contributed by atoms with Gasteiger partial charge in [0.25, 0.3) is 0 Å². The minimum Gasteiger partial charge on any atom is -0.460 e. The summed E-state index contributed by atoms with van der Waals surface area (Å²) in [6, 6.07) is 0. The second-order valence-electron chi connectivity index (χ2n) is 13.0. The zero-order valence-corrected chi connectivity index (χ0v) is 20.7. The van der Waals surface area contributed by atoms with Gasteiger partial charge in [0.1, 0.15) is 11.2 Å². The predicted molar refractivity (Wildman–Crippen MR) is 117 cm³/mol. The molecule has 0 aromatic rings. The molecule has 9 nitrogen and oxygen atoms in total. The van der Waals surface area contributed by atoms with Crippen molar-refractivity contribution in [2.75, 3.05) is 6.61 Å². The minimum absolute atomic E-state index is 0.153. The van der Waals surface area contributed by atoms with Crippen LogP contribution in [0.25, 0.3) is 0 Å². The molecule has 0 amide bonds. The van der Waals surface area contributed by atoms with E-state index in [1.807, 2.05) is 0 Å². The lowest BCUT2D eigenvalue weighted by atomic mass is 9.48. The molecule has 8 fully saturated rings. The Bertz CT molecular complexity index is 1060. The van der Waals surface area contributed by atoms with Gasteiger partial charge in [0.05, 0.1) is 12.2 Å². The Hall–Kier alpha value is -1.53. The molecule has 0 aromatic heterocycles. The highest BCUT2D eigenvalue weighted by Gasteiger charge is 2.63. The molecule has 202 valence electrons. The van der Waals surface area contributed by atoms with Gasteiger partial charge in [-0.1, -0.05) is 0 Å². The van der Waals surface area contributed by atoms with Crippen LogP contribution >= 0.6 is 0 Å². The van der Waals surface area contributed by atoms with E-state index in [0.717, 1.165) is 38.5 Å². The van der Waals surface area contributed by atoms with Gasteiger partial charge in [0, 0.05) is 11.8 Å². The fourth-order valence-corrected chi connectivity index (χ4v) is 9.96. The fourth-order valence-electron chi connectivity index (χ4n) is 9.69. The first kappa shape index (κ1) is 24.8. The van der Waals surface area contributed by atoms with Gasteiger partial charge in [-0.15, -0.1) is 0 Å². The summed E-state index contributed by atoms with van der Waals surface area (Å²) < 4.78 is 74.6. The van der Waals surface area contributed by atoms with Crippen LogP contribution in [0.2, 0.25) is 0 Å². The van der Waals surface area contributed by atoms with E-state index in [1.54, 1.807) is 0 Å². The molecule has 8 aliphatic rings. The molecule has 12 heteroatoms. The van der Waals surface area contributed by atoms with Crippen LogP contribution in [0.5, 0.6) is 0 Å². The van der Waals surface area contributed by atoms with E-state index in [9.17, 15) is 31.9 Å². The molecule has 2 N–H and O–H groups in total. The Labute approximate surface area is 208 Å². The molecule has 8 aliphatic carbocycles. The maximum Gasteiger partial charge on any atom is 0.509 e. The summed E-state index contributed by atoms with van der Waals surface area (Å²) in [5.74, 6) is -1.33. The molecular formula is C24H32F2O9S. The number of carbonyl (C=O) groups is 2. The van der Waals surface area contributed by atoms with Gasteiger partial charge in [-0.2, -0.15) is 17.2 Å². The zero-order valence-electron chi connectivity index (χ0n) is 19.9. The van der Waals surface area contributed by atoms with Crippen molar-refractivity contribution in [3.63, 3.8) is 0 Å². The number of halogens is 2. The summed E-state index contributed by atoms with van der Waals surface area (Å²) in [7, 11) is -5.95.